The monoisotopic (exact) mass is 1150 g/mol. The summed E-state index contributed by atoms with van der Waals surface area (Å²) in [6.45, 7) is 12.3. The van der Waals surface area contributed by atoms with Crippen molar-refractivity contribution in [1.29, 1.82) is 5.26 Å². The molecular formula is C62H75N13O7S. The van der Waals surface area contributed by atoms with Gasteiger partial charge in [-0.3, -0.25) is 9.59 Å². The Balaban J connectivity index is 0.570. The summed E-state index contributed by atoms with van der Waals surface area (Å²) in [5, 5.41) is 47.1. The van der Waals surface area contributed by atoms with E-state index in [1.54, 1.807) is 23.5 Å². The Hall–Kier alpha value is -7.38. The van der Waals surface area contributed by atoms with E-state index in [1.165, 1.54) is 4.90 Å². The molecule has 20 nitrogen and oxygen atoms in total. The van der Waals surface area contributed by atoms with Crippen molar-refractivity contribution in [2.24, 2.45) is 11.8 Å². The van der Waals surface area contributed by atoms with Gasteiger partial charge in [-0.05, 0) is 92.7 Å². The molecule has 6 fully saturated rings. The maximum Gasteiger partial charge on any atom is 0.243 e. The minimum atomic E-state index is -0.908. The lowest BCUT2D eigenvalue weighted by Gasteiger charge is -2.43. The van der Waals surface area contributed by atoms with Gasteiger partial charge in [0.1, 0.15) is 23.8 Å². The number of nitrogens with two attached hydrogens (primary N) is 1. The van der Waals surface area contributed by atoms with Crippen molar-refractivity contribution in [1.82, 2.24) is 40.4 Å². The third-order valence-corrected chi connectivity index (χ3v) is 19.1. The minimum Gasteiger partial charge on any atom is -0.507 e. The number of nitriles is 1. The average Bonchev–Trinajstić information content (AvgIpc) is 4.51. The van der Waals surface area contributed by atoms with Crippen molar-refractivity contribution in [2.75, 3.05) is 72.8 Å². The summed E-state index contributed by atoms with van der Waals surface area (Å²) in [7, 11) is 0. The zero-order chi connectivity index (χ0) is 57.3. The predicted molar refractivity (Wildman–Crippen MR) is 316 cm³/mol. The molecule has 21 heteroatoms. The Morgan fingerprint density at radius 1 is 0.880 bits per heavy atom. The first-order valence-electron chi connectivity index (χ1n) is 29.7. The summed E-state index contributed by atoms with van der Waals surface area (Å²) >= 11 is 1.56. The molecule has 12 rings (SSSR count). The number of phenols is 1. The van der Waals surface area contributed by atoms with Gasteiger partial charge >= 0.3 is 0 Å². The molecule has 0 spiro atoms. The molecule has 1 aliphatic carbocycles. The van der Waals surface area contributed by atoms with E-state index >= 15 is 0 Å². The Labute approximate surface area is 488 Å². The fraction of sp³-hybridized carbons (Fsp3) is 0.516. The molecule has 436 valence electrons. The van der Waals surface area contributed by atoms with Crippen molar-refractivity contribution in [2.45, 2.75) is 139 Å². The molecule has 2 amide bonds. The molecule has 1 saturated carbocycles. The van der Waals surface area contributed by atoms with Crippen molar-refractivity contribution >= 4 is 46.2 Å². The molecule has 6 aromatic rings. The molecule has 2 aromatic carbocycles. The molecule has 5 N–H and O–H groups in total. The van der Waals surface area contributed by atoms with E-state index in [1.807, 2.05) is 81.0 Å². The van der Waals surface area contributed by atoms with Crippen LogP contribution in [0.5, 0.6) is 11.6 Å². The predicted octanol–water partition coefficient (Wildman–Crippen LogP) is 7.88. The number of aryl methyl sites for hydroxylation is 1. The number of likely N-dealkylation sites (tertiary alicyclic amines) is 2. The molecular weight excluding hydrogens is 1070 g/mol. The van der Waals surface area contributed by atoms with Gasteiger partial charge in [-0.15, -0.1) is 21.5 Å². The highest BCUT2D eigenvalue weighted by Gasteiger charge is 2.45. The topological polar surface area (TPSA) is 249 Å². The Kier molecular flexibility index (Phi) is 16.5. The number of hydrogen-bond acceptors (Lipinski definition) is 19. The van der Waals surface area contributed by atoms with Gasteiger partial charge in [0.05, 0.1) is 64.3 Å². The maximum atomic E-state index is 14.5. The number of rotatable bonds is 18. The summed E-state index contributed by atoms with van der Waals surface area (Å²) < 4.78 is 19.0. The highest BCUT2D eigenvalue weighted by atomic mass is 32.1. The second kappa shape index (κ2) is 24.4. The number of carbonyl (C=O) groups excluding carboxylic acids is 2. The van der Waals surface area contributed by atoms with E-state index in [9.17, 15) is 25.1 Å². The highest BCUT2D eigenvalue weighted by Crippen LogP contribution is 2.41. The molecule has 5 aliphatic heterocycles. The number of para-hydroxylation sites is 1. The van der Waals surface area contributed by atoms with Crippen LogP contribution in [0.25, 0.3) is 21.7 Å². The number of benzene rings is 2. The number of carbonyl (C=O) groups is 2. The van der Waals surface area contributed by atoms with E-state index in [0.717, 1.165) is 130 Å². The van der Waals surface area contributed by atoms with Crippen molar-refractivity contribution < 1.29 is 33.8 Å². The van der Waals surface area contributed by atoms with Gasteiger partial charge in [-0.2, -0.15) is 5.26 Å². The third kappa shape index (κ3) is 12.2. The van der Waals surface area contributed by atoms with Crippen molar-refractivity contribution in [3.05, 3.63) is 102 Å². The quantitative estimate of drug-likeness (QED) is 0.0639. The van der Waals surface area contributed by atoms with Crippen LogP contribution in [0.2, 0.25) is 0 Å². The fourth-order valence-corrected chi connectivity index (χ4v) is 14.4. The number of aliphatic hydroxyl groups is 1. The smallest absolute Gasteiger partial charge is 0.243 e. The average molecular weight is 1150 g/mol. The number of β-amino-alcohol motifs (C(OH)–C–C–N with tert-alkyl or cyclic N) is 1. The van der Waals surface area contributed by atoms with Gasteiger partial charge in [-0.1, -0.05) is 55.4 Å². The number of nitrogens with zero attached hydrogens (tertiary/aromatic N) is 11. The third-order valence-electron chi connectivity index (χ3n) is 18.1. The molecule has 5 saturated heterocycles. The van der Waals surface area contributed by atoms with E-state index in [4.69, 9.17) is 19.7 Å². The summed E-state index contributed by atoms with van der Waals surface area (Å²) in [4.78, 5) is 49.7. The van der Waals surface area contributed by atoms with Crippen LogP contribution in [0.3, 0.4) is 0 Å². The number of aromatic hydroxyl groups is 1. The maximum absolute atomic E-state index is 14.5. The molecule has 6 aliphatic rings. The largest absolute Gasteiger partial charge is 0.507 e. The second-order valence-electron chi connectivity index (χ2n) is 24.0. The van der Waals surface area contributed by atoms with Crippen molar-refractivity contribution in [3.8, 4) is 39.4 Å². The summed E-state index contributed by atoms with van der Waals surface area (Å²) in [5.74, 6) is 1.35. The van der Waals surface area contributed by atoms with Crippen LogP contribution in [0.4, 0.5) is 23.0 Å². The van der Waals surface area contributed by atoms with Crippen LogP contribution in [0.1, 0.15) is 107 Å². The van der Waals surface area contributed by atoms with Crippen LogP contribution < -0.4 is 30.5 Å². The lowest BCUT2D eigenvalue weighted by molar-refractivity contribution is -0.141. The van der Waals surface area contributed by atoms with Gasteiger partial charge in [0.25, 0.3) is 0 Å². The fourth-order valence-electron chi connectivity index (χ4n) is 13.6. The van der Waals surface area contributed by atoms with Gasteiger partial charge in [0.15, 0.2) is 17.4 Å². The zero-order valence-electron chi connectivity index (χ0n) is 47.5. The summed E-state index contributed by atoms with van der Waals surface area (Å²) in [6.07, 6.45) is 9.62. The molecule has 4 aromatic heterocycles. The highest BCUT2D eigenvalue weighted by molar-refractivity contribution is 7.13. The zero-order valence-corrected chi connectivity index (χ0v) is 48.3. The van der Waals surface area contributed by atoms with Crippen molar-refractivity contribution in [3.63, 3.8) is 0 Å². The summed E-state index contributed by atoms with van der Waals surface area (Å²) in [6, 6.07) is 24.2. The number of amides is 2. The minimum absolute atomic E-state index is 0.0235. The molecule has 9 heterocycles. The number of nitrogen functional groups attached to an aromatic ring is 1. The SMILES string of the molecule is Cc1ncsc1-c1ccc([C@H](CC#N)NC(=O)[C@@H]2C[C@@H](O)CN2C(=O)[C@@H](c2cc(N3CCC(CN4CCC(OC5CC(Oc6cc(N7C8CCC7CN(c7cc(-c9ccccc9O)nnc7N)C8)ccn6)C5)CC4)CC3)no2)C(C)C)cc1. The Morgan fingerprint density at radius 3 is 2.35 bits per heavy atom. The Morgan fingerprint density at radius 2 is 1.64 bits per heavy atom. The number of ether oxygens (including phenoxy) is 2. The summed E-state index contributed by atoms with van der Waals surface area (Å²) in [5.41, 5.74) is 14.1. The number of nitrogens with one attached hydrogen (secondary N) is 1. The first-order valence-corrected chi connectivity index (χ1v) is 30.5. The van der Waals surface area contributed by atoms with E-state index in [0.29, 0.717) is 52.5 Å². The van der Waals surface area contributed by atoms with Crippen LogP contribution in [-0.4, -0.2) is 152 Å². The normalized spacial score (nSPS) is 24.0. The van der Waals surface area contributed by atoms with Crippen LogP contribution in [0.15, 0.2) is 89.0 Å². The van der Waals surface area contributed by atoms with E-state index < -0.39 is 30.0 Å². The number of anilines is 4. The van der Waals surface area contributed by atoms with E-state index in [2.05, 4.69) is 68.4 Å². The molecule has 6 atom stereocenters. The number of phenolic OH excluding ortho intramolecular Hbond substituents is 1. The number of aromatic nitrogens is 5. The first-order chi connectivity index (χ1) is 40.3. The molecule has 0 radical (unpaired) electrons. The number of hydrogen-bond donors (Lipinski definition) is 4. The van der Waals surface area contributed by atoms with Crippen LogP contribution in [0, 0.1) is 30.1 Å². The Bertz CT molecular complexity index is 3260. The van der Waals surface area contributed by atoms with Gasteiger partial charge in [0, 0.05) is 113 Å². The van der Waals surface area contributed by atoms with E-state index in [-0.39, 0.29) is 55.3 Å². The lowest BCUT2D eigenvalue weighted by Crippen LogP contribution is -2.54. The van der Waals surface area contributed by atoms with Gasteiger partial charge in [0.2, 0.25) is 17.7 Å². The van der Waals surface area contributed by atoms with Gasteiger partial charge in [-0.25, -0.2) is 9.97 Å². The molecule has 2 unspecified atom stereocenters. The van der Waals surface area contributed by atoms with Crippen LogP contribution in [-0.2, 0) is 14.3 Å². The molecule has 2 bridgehead atoms. The van der Waals surface area contributed by atoms with Crippen LogP contribution >= 0.6 is 11.3 Å². The number of piperazine rings is 1. The number of piperidine rings is 2. The number of thiazole rings is 1. The molecule has 83 heavy (non-hydrogen) atoms. The standard InChI is InChI=1S/C62H75N13O7S/c1-37(2)58(62(79)74-35-45(76)27-53(74)61(78)67-50(14-20-63)40-8-10-41(11-9-40)59-38(3)66-36-83-59)55-31-56(70-82-55)72-24-16-39(17-25-72)32-71-22-18-46(19-23-71)80-47-28-48(29-47)81-57-26-42(15-21-65-57)75-43-12-13-44(75)34-73(33-43)52-30-51(68-69-60(52)64)49-6-4-5-7-54(49)77/h4-11,15,21,26,30-31,36-37,39,43-48,50,53,58,76-77H,12-14,16-19,22-25,27-29,32-35H2,1-3H3,(H2,64,69)(H,67,78)/t43?,44?,45-,47?,48?,50+,53+,58-/m1/s1. The van der Waals surface area contributed by atoms with Gasteiger partial charge < -0.3 is 59.8 Å². The second-order valence-corrected chi connectivity index (χ2v) is 24.8. The number of pyridine rings is 1. The first kappa shape index (κ1) is 56.1. The number of aliphatic hydroxyl groups excluding tert-OH is 1. The number of fused-ring (bicyclic) bond motifs is 2. The lowest BCUT2D eigenvalue weighted by atomic mass is 9.91.